The van der Waals surface area contributed by atoms with Gasteiger partial charge in [-0.05, 0) is 55.7 Å². The Balaban J connectivity index is 1.03. The standard InChI is InChI=1S/C43H61N3O12/c1-7-32-25(4)24(3)26(5)39(53-32)58-40-34-37(57-43(50)46(34)6)36-33(54-40)18-23(2)38(56-36)55-35-30(45-42(49)52-22-28-16-12-9-13-17-28)19-29(20-31(35)47)44-41(48)51-21-27-14-10-8-11-15-27/h8-17,23-26,29-40,43,47,50H,7,18-22H2,1-6H3,(H,44,48)(H,45,49)/t23?,24-,25-,26-,29?,30?,31+,32?,33-,34?,35+,36?,37?,38-,39?,40?,43-/m0/s1. The molecule has 320 valence electrons. The zero-order valence-corrected chi connectivity index (χ0v) is 34.3. The second-order valence-corrected chi connectivity index (χ2v) is 16.8. The van der Waals surface area contributed by atoms with Crippen LogP contribution in [0.3, 0.4) is 0 Å². The molecule has 0 bridgehead atoms. The first-order valence-electron chi connectivity index (χ1n) is 20.8. The number of aliphatic hydroxyl groups is 2. The number of alkyl carbamates (subject to hydrolysis) is 2. The average Bonchev–Trinajstić information content (AvgIpc) is 3.52. The van der Waals surface area contributed by atoms with Gasteiger partial charge >= 0.3 is 12.2 Å². The van der Waals surface area contributed by atoms with E-state index in [4.69, 9.17) is 37.9 Å². The fourth-order valence-corrected chi connectivity index (χ4v) is 9.18. The van der Waals surface area contributed by atoms with Crippen molar-refractivity contribution in [3.05, 3.63) is 71.8 Å². The molecule has 7 rings (SSSR count). The van der Waals surface area contributed by atoms with Crippen LogP contribution in [-0.4, -0.2) is 114 Å². The van der Waals surface area contributed by atoms with Crippen LogP contribution in [0, 0.1) is 23.7 Å². The first kappa shape index (κ1) is 42.7. The van der Waals surface area contributed by atoms with Crippen LogP contribution < -0.4 is 10.6 Å². The quantitative estimate of drug-likeness (QED) is 0.248. The zero-order valence-electron chi connectivity index (χ0n) is 34.3. The number of amides is 2. The van der Waals surface area contributed by atoms with Crippen LogP contribution >= 0.6 is 0 Å². The topological polar surface area (TPSA) is 176 Å². The lowest BCUT2D eigenvalue weighted by Crippen LogP contribution is -2.65. The highest BCUT2D eigenvalue weighted by molar-refractivity contribution is 5.68. The van der Waals surface area contributed by atoms with E-state index in [1.54, 1.807) is 11.9 Å². The fraction of sp³-hybridized carbons (Fsp3) is 0.674. The molecular formula is C43H61N3O12. The summed E-state index contributed by atoms with van der Waals surface area (Å²) in [5.74, 6) is 0.644. The van der Waals surface area contributed by atoms with E-state index in [1.165, 1.54) is 0 Å². The normalized spacial score (nSPS) is 40.2. The smallest absolute Gasteiger partial charge is 0.407 e. The van der Waals surface area contributed by atoms with Gasteiger partial charge in [0.2, 0.25) is 6.41 Å². The van der Waals surface area contributed by atoms with E-state index < -0.39 is 86.1 Å². The summed E-state index contributed by atoms with van der Waals surface area (Å²) in [6.45, 7) is 10.8. The zero-order chi connectivity index (χ0) is 41.1. The predicted molar refractivity (Wildman–Crippen MR) is 208 cm³/mol. The summed E-state index contributed by atoms with van der Waals surface area (Å²) in [6, 6.07) is 16.8. The Hall–Kier alpha value is -3.38. The molecule has 5 fully saturated rings. The van der Waals surface area contributed by atoms with Gasteiger partial charge in [-0.3, -0.25) is 0 Å². The van der Waals surface area contributed by atoms with Crippen molar-refractivity contribution in [3.63, 3.8) is 0 Å². The largest absolute Gasteiger partial charge is 0.445 e. The number of carbonyl (C=O) groups is 2. The van der Waals surface area contributed by atoms with Gasteiger partial charge in [0.05, 0.1) is 30.4 Å². The third kappa shape index (κ3) is 9.64. The summed E-state index contributed by atoms with van der Waals surface area (Å²) in [6.07, 6.45) is -6.62. The number of hydrogen-bond donors (Lipinski definition) is 4. The molecule has 17 atom stereocenters. The summed E-state index contributed by atoms with van der Waals surface area (Å²) in [7, 11) is 1.76. The van der Waals surface area contributed by atoms with Crippen molar-refractivity contribution in [2.45, 2.75) is 154 Å². The Labute approximate surface area is 340 Å². The molecule has 2 aromatic carbocycles. The molecule has 15 heteroatoms. The average molecular weight is 812 g/mol. The van der Waals surface area contributed by atoms with Crippen molar-refractivity contribution in [2.75, 3.05) is 7.05 Å². The molecule has 58 heavy (non-hydrogen) atoms. The monoisotopic (exact) mass is 811 g/mol. The van der Waals surface area contributed by atoms with E-state index in [2.05, 4.69) is 38.3 Å². The third-order valence-corrected chi connectivity index (χ3v) is 12.9. The Morgan fingerprint density at radius 3 is 2.00 bits per heavy atom. The highest BCUT2D eigenvalue weighted by Crippen LogP contribution is 2.44. The molecule has 4 saturated heterocycles. The maximum Gasteiger partial charge on any atom is 0.407 e. The minimum Gasteiger partial charge on any atom is -0.445 e. The second kappa shape index (κ2) is 18.9. The number of aliphatic hydroxyl groups excluding tert-OH is 2. The van der Waals surface area contributed by atoms with Crippen LogP contribution in [0.15, 0.2) is 60.7 Å². The summed E-state index contributed by atoms with van der Waals surface area (Å²) in [5.41, 5.74) is 1.65. The Morgan fingerprint density at radius 2 is 1.36 bits per heavy atom. The number of likely N-dealkylation sites (N-methyl/N-ethyl adjacent to an activating group) is 1. The Bertz CT molecular complexity index is 1640. The van der Waals surface area contributed by atoms with Gasteiger partial charge in [-0.1, -0.05) is 95.3 Å². The van der Waals surface area contributed by atoms with Crippen LogP contribution in [0.4, 0.5) is 9.59 Å². The molecule has 5 aliphatic rings. The number of rotatable bonds is 11. The summed E-state index contributed by atoms with van der Waals surface area (Å²) in [5, 5.41) is 28.3. The maximum atomic E-state index is 13.2. The number of nitrogens with zero attached hydrogens (tertiary/aromatic N) is 1. The van der Waals surface area contributed by atoms with Crippen LogP contribution in [0.25, 0.3) is 0 Å². The minimum absolute atomic E-state index is 0.0451. The molecule has 2 amide bonds. The number of ether oxygens (including phenoxy) is 8. The lowest BCUT2D eigenvalue weighted by molar-refractivity contribution is -0.370. The summed E-state index contributed by atoms with van der Waals surface area (Å²) >= 11 is 0. The van der Waals surface area contributed by atoms with E-state index in [1.807, 2.05) is 67.6 Å². The molecule has 4 heterocycles. The number of fused-ring (bicyclic) bond motifs is 3. The van der Waals surface area contributed by atoms with Crippen molar-refractivity contribution in [2.24, 2.45) is 23.7 Å². The van der Waals surface area contributed by atoms with Gasteiger partial charge in [0.1, 0.15) is 31.5 Å². The van der Waals surface area contributed by atoms with E-state index in [0.717, 1.165) is 17.5 Å². The van der Waals surface area contributed by atoms with Crippen molar-refractivity contribution in [3.8, 4) is 0 Å². The molecule has 1 aliphatic carbocycles. The molecule has 0 spiro atoms. The fourth-order valence-electron chi connectivity index (χ4n) is 9.18. The number of carbonyl (C=O) groups excluding carboxylic acids is 2. The van der Waals surface area contributed by atoms with Crippen LogP contribution in [0.1, 0.15) is 71.4 Å². The Kier molecular flexibility index (Phi) is 13.9. The van der Waals surface area contributed by atoms with Gasteiger partial charge in [0.15, 0.2) is 18.9 Å². The van der Waals surface area contributed by atoms with Gasteiger partial charge in [0, 0.05) is 17.9 Å². The van der Waals surface area contributed by atoms with Crippen molar-refractivity contribution in [1.29, 1.82) is 0 Å². The van der Waals surface area contributed by atoms with Crippen LogP contribution in [0.5, 0.6) is 0 Å². The maximum absolute atomic E-state index is 13.2. The van der Waals surface area contributed by atoms with Crippen LogP contribution in [-0.2, 0) is 51.1 Å². The van der Waals surface area contributed by atoms with E-state index in [9.17, 15) is 19.8 Å². The van der Waals surface area contributed by atoms with Gasteiger partial charge in [0.25, 0.3) is 0 Å². The summed E-state index contributed by atoms with van der Waals surface area (Å²) in [4.78, 5) is 27.8. The third-order valence-electron chi connectivity index (χ3n) is 12.9. The first-order chi connectivity index (χ1) is 27.9. The molecular weight excluding hydrogens is 750 g/mol. The van der Waals surface area contributed by atoms with E-state index >= 15 is 0 Å². The molecule has 2 aromatic rings. The second-order valence-electron chi connectivity index (χ2n) is 16.8. The minimum atomic E-state index is -1.21. The molecule has 4 N–H and O–H groups in total. The summed E-state index contributed by atoms with van der Waals surface area (Å²) < 4.78 is 50.2. The SMILES string of the molecule is CCC1OC(OC2O[C@H]3CC(C)[C@@H](O[C@@H]4C(NC(=O)OCc5ccccc5)CC(NC(=O)OCc5ccccc5)C[C@H]4O)OC3C3O[C@H](O)N(C)C23)[C@@H](C)[C@@H](C)[C@@H]1C. The Morgan fingerprint density at radius 1 is 0.724 bits per heavy atom. The molecule has 4 aliphatic heterocycles. The first-order valence-corrected chi connectivity index (χ1v) is 20.8. The molecule has 9 unspecified atom stereocenters. The van der Waals surface area contributed by atoms with Crippen LogP contribution in [0.2, 0.25) is 0 Å². The van der Waals surface area contributed by atoms with Crippen molar-refractivity contribution in [1.82, 2.24) is 15.5 Å². The van der Waals surface area contributed by atoms with Gasteiger partial charge in [-0.25, -0.2) is 14.5 Å². The molecule has 15 nitrogen and oxygen atoms in total. The van der Waals surface area contributed by atoms with Gasteiger partial charge in [-0.15, -0.1) is 0 Å². The highest BCUT2D eigenvalue weighted by atomic mass is 16.8. The molecule has 0 aromatic heterocycles. The van der Waals surface area contributed by atoms with Crippen molar-refractivity contribution < 1.29 is 57.7 Å². The number of benzene rings is 2. The lowest BCUT2D eigenvalue weighted by atomic mass is 9.78. The number of hydrogen-bond acceptors (Lipinski definition) is 13. The van der Waals surface area contributed by atoms with Crippen molar-refractivity contribution >= 4 is 12.2 Å². The van der Waals surface area contributed by atoms with E-state index in [0.29, 0.717) is 18.3 Å². The molecule has 0 radical (unpaired) electrons. The highest BCUT2D eigenvalue weighted by Gasteiger charge is 2.59. The molecule has 1 saturated carbocycles. The van der Waals surface area contributed by atoms with Gasteiger partial charge < -0.3 is 58.7 Å². The predicted octanol–water partition coefficient (Wildman–Crippen LogP) is 4.63. The van der Waals surface area contributed by atoms with Gasteiger partial charge in [-0.2, -0.15) is 0 Å². The van der Waals surface area contributed by atoms with E-state index in [-0.39, 0.29) is 44.0 Å². The number of nitrogens with one attached hydrogen (secondary N) is 2. The lowest BCUT2D eigenvalue weighted by Gasteiger charge is -2.51.